The molecular weight excluding hydrogens is 328 g/mol. The lowest BCUT2D eigenvalue weighted by molar-refractivity contribution is -0.174. The first-order chi connectivity index (χ1) is 11.2. The van der Waals surface area contributed by atoms with Gasteiger partial charge in [0.05, 0.1) is 0 Å². The number of hydrogen-bond donors (Lipinski definition) is 2. The molecule has 24 heavy (non-hydrogen) atoms. The highest BCUT2D eigenvalue weighted by atomic mass is 16.5. The fourth-order valence-corrected chi connectivity index (χ4v) is 2.56. The molecule has 0 bridgehead atoms. The van der Waals surface area contributed by atoms with Crippen LogP contribution < -0.4 is 0 Å². The topological polar surface area (TPSA) is 159 Å². The number of ether oxygens (including phenoxy) is 1. The van der Waals surface area contributed by atoms with Crippen LogP contribution in [0.5, 0.6) is 0 Å². The third-order valence-corrected chi connectivity index (χ3v) is 3.96. The fourth-order valence-electron chi connectivity index (χ4n) is 2.56. The second-order valence-corrected chi connectivity index (χ2v) is 5.40. The van der Waals surface area contributed by atoms with Crippen LogP contribution in [0.4, 0.5) is 0 Å². The lowest BCUT2D eigenvalue weighted by Crippen LogP contribution is -2.38. The minimum atomic E-state index is -1.48. The monoisotopic (exact) mass is 342 g/mol. The molecule has 11 nitrogen and oxygen atoms in total. The molecule has 0 spiro atoms. The number of hydrogen-bond acceptors (Lipinski definition) is 9. The Labute approximate surface area is 134 Å². The van der Waals surface area contributed by atoms with E-state index in [4.69, 9.17) is 15.2 Å². The van der Waals surface area contributed by atoms with Crippen LogP contribution in [0.25, 0.3) is 0 Å². The highest BCUT2D eigenvalue weighted by Crippen LogP contribution is 2.25. The molecule has 2 aliphatic heterocycles. The second kappa shape index (κ2) is 6.55. The first kappa shape index (κ1) is 17.8. The van der Waals surface area contributed by atoms with Crippen molar-refractivity contribution in [2.75, 3.05) is 7.11 Å². The second-order valence-electron chi connectivity index (χ2n) is 5.40. The molecule has 130 valence electrons. The summed E-state index contributed by atoms with van der Waals surface area (Å²) in [5.74, 6) is -8.72. The van der Waals surface area contributed by atoms with E-state index in [1.165, 1.54) is 0 Å². The van der Waals surface area contributed by atoms with Gasteiger partial charge in [0.2, 0.25) is 0 Å². The third-order valence-electron chi connectivity index (χ3n) is 3.96. The van der Waals surface area contributed by atoms with Gasteiger partial charge in [0.25, 0.3) is 23.6 Å². The van der Waals surface area contributed by atoms with Crippen LogP contribution >= 0.6 is 0 Å². The average molecular weight is 342 g/mol. The molecule has 0 aromatic carbocycles. The van der Waals surface area contributed by atoms with Gasteiger partial charge >= 0.3 is 0 Å². The van der Waals surface area contributed by atoms with Crippen molar-refractivity contribution in [1.29, 1.82) is 0 Å². The molecule has 0 aromatic rings. The van der Waals surface area contributed by atoms with Crippen molar-refractivity contribution in [3.63, 3.8) is 0 Å². The molecule has 0 saturated carbocycles. The quantitative estimate of drug-likeness (QED) is 0.318. The van der Waals surface area contributed by atoms with Gasteiger partial charge in [-0.3, -0.25) is 39.2 Å². The summed E-state index contributed by atoms with van der Waals surface area (Å²) in [5.41, 5.74) is 0. The largest absolute Gasteiger partial charge is 0.373 e. The molecule has 4 amide bonds. The first-order valence-corrected chi connectivity index (χ1v) is 6.89. The Morgan fingerprint density at radius 2 is 1.50 bits per heavy atom. The van der Waals surface area contributed by atoms with E-state index in [0.29, 0.717) is 0 Å². The molecule has 0 aromatic heterocycles. The van der Waals surface area contributed by atoms with E-state index < -0.39 is 72.4 Å². The number of Topliss-reactive ketones (excluding diaryl/α,β-unsaturated/α-hetero) is 2. The van der Waals surface area contributed by atoms with Gasteiger partial charge in [0.1, 0.15) is 23.7 Å². The van der Waals surface area contributed by atoms with Crippen molar-refractivity contribution in [1.82, 2.24) is 10.1 Å². The van der Waals surface area contributed by atoms with Crippen molar-refractivity contribution in [3.05, 3.63) is 0 Å². The Morgan fingerprint density at radius 3 is 1.88 bits per heavy atom. The van der Waals surface area contributed by atoms with Gasteiger partial charge in [0, 0.05) is 26.4 Å². The number of nitrogens with zero attached hydrogens (tertiary/aromatic N) is 2. The summed E-state index contributed by atoms with van der Waals surface area (Å²) in [7, 11) is 1.09. The Balaban J connectivity index is 2.07. The van der Waals surface area contributed by atoms with Crippen LogP contribution in [0.3, 0.4) is 0 Å². The van der Waals surface area contributed by atoms with Gasteiger partial charge in [-0.2, -0.15) is 10.1 Å². The van der Waals surface area contributed by atoms with E-state index in [0.717, 1.165) is 7.11 Å². The van der Waals surface area contributed by atoms with E-state index in [1.807, 2.05) is 0 Å². The first-order valence-electron chi connectivity index (χ1n) is 6.89. The van der Waals surface area contributed by atoms with E-state index in [1.54, 1.807) is 0 Å². The minimum absolute atomic E-state index is 0.158. The SMILES string of the molecule is COC(CC(=O)C1CC(=O)N(O)C1=O)C(=O)C1CC(=O)N(O)C1=O. The molecule has 2 saturated heterocycles. The van der Waals surface area contributed by atoms with Crippen LogP contribution in [-0.4, -0.2) is 68.9 Å². The summed E-state index contributed by atoms with van der Waals surface area (Å²) < 4.78 is 4.86. The molecule has 2 aliphatic rings. The normalized spacial score (nSPS) is 25.6. The van der Waals surface area contributed by atoms with Crippen LogP contribution in [0, 0.1) is 11.8 Å². The van der Waals surface area contributed by atoms with E-state index >= 15 is 0 Å². The molecular formula is C13H14N2O9. The predicted molar refractivity (Wildman–Crippen MR) is 68.9 cm³/mol. The highest BCUT2D eigenvalue weighted by molar-refractivity contribution is 6.16. The maximum atomic E-state index is 12.2. The Bertz CT molecular complexity index is 643. The Hall–Kier alpha value is -2.50. The molecule has 11 heteroatoms. The molecule has 2 fully saturated rings. The zero-order valence-electron chi connectivity index (χ0n) is 12.5. The number of carbonyl (C=O) groups excluding carboxylic acids is 6. The van der Waals surface area contributed by atoms with Gasteiger partial charge in [-0.1, -0.05) is 0 Å². The summed E-state index contributed by atoms with van der Waals surface area (Å²) in [6.45, 7) is 0. The Morgan fingerprint density at radius 1 is 1.04 bits per heavy atom. The number of hydroxylamine groups is 4. The Kier molecular flexibility index (Phi) is 4.87. The molecule has 2 heterocycles. The minimum Gasteiger partial charge on any atom is -0.373 e. The summed E-state index contributed by atoms with van der Waals surface area (Å²) in [6.07, 6.45) is -3.12. The highest BCUT2D eigenvalue weighted by Gasteiger charge is 2.47. The maximum absolute atomic E-state index is 12.2. The molecule has 0 aliphatic carbocycles. The van der Waals surface area contributed by atoms with Gasteiger partial charge in [0.15, 0.2) is 5.78 Å². The van der Waals surface area contributed by atoms with E-state index in [-0.39, 0.29) is 10.1 Å². The van der Waals surface area contributed by atoms with Crippen molar-refractivity contribution in [2.24, 2.45) is 11.8 Å². The van der Waals surface area contributed by atoms with Gasteiger partial charge < -0.3 is 4.74 Å². The van der Waals surface area contributed by atoms with Crippen molar-refractivity contribution in [3.8, 4) is 0 Å². The standard InChI is InChI=1S/C13H14N2O9/c1-24-8(11(19)6-3-10(18)15(23)13(6)21)4-7(16)5-2-9(17)14(22)12(5)20/h5-6,8,22-23H,2-4H2,1H3. The van der Waals surface area contributed by atoms with Crippen molar-refractivity contribution >= 4 is 35.2 Å². The number of rotatable bonds is 6. The van der Waals surface area contributed by atoms with Gasteiger partial charge in [-0.25, -0.2) is 0 Å². The maximum Gasteiger partial charge on any atom is 0.264 e. The molecule has 0 radical (unpaired) electrons. The number of carbonyl (C=O) groups is 6. The molecule has 2 rings (SSSR count). The van der Waals surface area contributed by atoms with Crippen LogP contribution in [-0.2, 0) is 33.5 Å². The number of amides is 4. The zero-order valence-corrected chi connectivity index (χ0v) is 12.5. The van der Waals surface area contributed by atoms with Gasteiger partial charge in [-0.15, -0.1) is 0 Å². The smallest absolute Gasteiger partial charge is 0.264 e. The van der Waals surface area contributed by atoms with Crippen molar-refractivity contribution in [2.45, 2.75) is 25.4 Å². The number of imide groups is 2. The predicted octanol–water partition coefficient (Wildman–Crippen LogP) is -1.94. The summed E-state index contributed by atoms with van der Waals surface area (Å²) in [4.78, 5) is 69.9. The van der Waals surface area contributed by atoms with E-state index in [9.17, 15) is 28.8 Å². The van der Waals surface area contributed by atoms with Crippen molar-refractivity contribution < 1.29 is 43.9 Å². The lowest BCUT2D eigenvalue weighted by Gasteiger charge is -2.17. The zero-order chi connectivity index (χ0) is 18.2. The molecule has 2 N–H and O–H groups in total. The number of ketones is 2. The lowest BCUT2D eigenvalue weighted by atomic mass is 9.91. The van der Waals surface area contributed by atoms with Crippen LogP contribution in [0.1, 0.15) is 19.3 Å². The van der Waals surface area contributed by atoms with Gasteiger partial charge in [-0.05, 0) is 0 Å². The summed E-state index contributed by atoms with van der Waals surface area (Å²) in [5, 5.41) is 17.9. The molecule has 3 unspecified atom stereocenters. The van der Waals surface area contributed by atoms with E-state index in [2.05, 4.69) is 0 Å². The van der Waals surface area contributed by atoms with Crippen LogP contribution in [0.2, 0.25) is 0 Å². The third kappa shape index (κ3) is 2.96. The number of methoxy groups -OCH3 is 1. The summed E-state index contributed by atoms with van der Waals surface area (Å²) in [6, 6.07) is 0. The molecule has 3 atom stereocenters. The summed E-state index contributed by atoms with van der Waals surface area (Å²) >= 11 is 0. The average Bonchev–Trinajstić information content (AvgIpc) is 2.96. The van der Waals surface area contributed by atoms with Crippen LogP contribution in [0.15, 0.2) is 0 Å². The fraction of sp³-hybridized carbons (Fsp3) is 0.538.